The first-order valence-electron chi connectivity index (χ1n) is 5.30. The van der Waals surface area contributed by atoms with E-state index in [0.717, 1.165) is 0 Å². The molecular formula is C11H19N3O2S. The topological polar surface area (TPSA) is 66.6 Å². The van der Waals surface area contributed by atoms with Gasteiger partial charge in [0, 0.05) is 25.8 Å². The Morgan fingerprint density at radius 2 is 1.82 bits per heavy atom. The second-order valence-corrected chi connectivity index (χ2v) is 6.25. The summed E-state index contributed by atoms with van der Waals surface area (Å²) in [7, 11) is 1.95. The minimum atomic E-state index is -3.43. The molecule has 0 heterocycles. The zero-order valence-electron chi connectivity index (χ0n) is 10.4. The first-order chi connectivity index (χ1) is 7.84. The molecule has 0 radical (unpaired) electrons. The average molecular weight is 257 g/mol. The van der Waals surface area contributed by atoms with Crippen molar-refractivity contribution in [2.45, 2.75) is 4.90 Å². The third-order valence-corrected chi connectivity index (χ3v) is 4.28. The first-order valence-corrected chi connectivity index (χ1v) is 6.74. The third kappa shape index (κ3) is 3.69. The summed E-state index contributed by atoms with van der Waals surface area (Å²) in [5, 5.41) is 0. The molecule has 5 nitrogen and oxygen atoms in total. The highest BCUT2D eigenvalue weighted by atomic mass is 32.2. The monoisotopic (exact) mass is 257 g/mol. The van der Waals surface area contributed by atoms with E-state index in [4.69, 9.17) is 5.73 Å². The van der Waals surface area contributed by atoms with Crippen LogP contribution in [0.1, 0.15) is 0 Å². The maximum Gasteiger partial charge on any atom is 0.242 e. The Labute approximate surface area is 103 Å². The van der Waals surface area contributed by atoms with E-state index in [1.807, 2.05) is 19.0 Å². The predicted octanol–water partition coefficient (Wildman–Crippen LogP) is 0.451. The third-order valence-electron chi connectivity index (χ3n) is 2.43. The molecule has 1 aromatic carbocycles. The molecule has 0 unspecified atom stereocenters. The van der Waals surface area contributed by atoms with Gasteiger partial charge in [0.1, 0.15) is 0 Å². The molecule has 1 aromatic rings. The summed E-state index contributed by atoms with van der Waals surface area (Å²) in [4.78, 5) is 2.17. The summed E-state index contributed by atoms with van der Waals surface area (Å²) in [6, 6.07) is 6.33. The minimum absolute atomic E-state index is 0.235. The SMILES string of the molecule is CN(C)CCN(C)S(=O)(=O)c1cccc(N)c1. The molecule has 0 spiro atoms. The fourth-order valence-corrected chi connectivity index (χ4v) is 2.53. The van der Waals surface area contributed by atoms with Crippen molar-refractivity contribution < 1.29 is 8.42 Å². The summed E-state index contributed by atoms with van der Waals surface area (Å²) >= 11 is 0. The van der Waals surface area contributed by atoms with Crippen molar-refractivity contribution in [1.29, 1.82) is 0 Å². The van der Waals surface area contributed by atoms with Gasteiger partial charge >= 0.3 is 0 Å². The van der Waals surface area contributed by atoms with Crippen LogP contribution < -0.4 is 5.73 Å². The lowest BCUT2D eigenvalue weighted by Gasteiger charge is -2.19. The van der Waals surface area contributed by atoms with E-state index in [-0.39, 0.29) is 4.90 Å². The van der Waals surface area contributed by atoms with E-state index in [1.54, 1.807) is 25.2 Å². The Kier molecular flexibility index (Phi) is 4.50. The van der Waals surface area contributed by atoms with E-state index in [2.05, 4.69) is 0 Å². The van der Waals surface area contributed by atoms with Crippen molar-refractivity contribution >= 4 is 15.7 Å². The van der Waals surface area contributed by atoms with Crippen LogP contribution in [0.2, 0.25) is 0 Å². The molecule has 0 bridgehead atoms. The zero-order chi connectivity index (χ0) is 13.1. The molecular weight excluding hydrogens is 238 g/mol. The molecule has 0 aliphatic rings. The second-order valence-electron chi connectivity index (χ2n) is 4.20. The van der Waals surface area contributed by atoms with E-state index >= 15 is 0 Å². The maximum atomic E-state index is 12.1. The summed E-state index contributed by atoms with van der Waals surface area (Å²) < 4.78 is 25.6. The maximum absolute atomic E-state index is 12.1. The normalized spacial score (nSPS) is 12.3. The Hall–Kier alpha value is -1.11. The molecule has 0 saturated carbocycles. The van der Waals surface area contributed by atoms with Crippen LogP contribution in [0.4, 0.5) is 5.69 Å². The van der Waals surface area contributed by atoms with Crippen LogP contribution in [0, 0.1) is 0 Å². The molecule has 0 saturated heterocycles. The second kappa shape index (κ2) is 5.48. The largest absolute Gasteiger partial charge is 0.399 e. The average Bonchev–Trinajstić information content (AvgIpc) is 2.25. The lowest BCUT2D eigenvalue weighted by atomic mass is 10.3. The van der Waals surface area contributed by atoms with Gasteiger partial charge in [0.25, 0.3) is 0 Å². The molecule has 0 fully saturated rings. The summed E-state index contributed by atoms with van der Waals surface area (Å²) in [5.41, 5.74) is 6.04. The number of rotatable bonds is 5. The first kappa shape index (κ1) is 14.0. The number of nitrogen functional groups attached to an aromatic ring is 1. The van der Waals surface area contributed by atoms with Gasteiger partial charge in [-0.05, 0) is 32.3 Å². The van der Waals surface area contributed by atoms with Crippen LogP contribution in [0.15, 0.2) is 29.2 Å². The quantitative estimate of drug-likeness (QED) is 0.778. The molecule has 0 aromatic heterocycles. The van der Waals surface area contributed by atoms with Gasteiger partial charge in [0.15, 0.2) is 0 Å². The number of nitrogens with zero attached hydrogens (tertiary/aromatic N) is 2. The molecule has 0 amide bonds. The van der Waals surface area contributed by atoms with Gasteiger partial charge in [0.2, 0.25) is 10.0 Å². The molecule has 2 N–H and O–H groups in total. The van der Waals surface area contributed by atoms with Crippen LogP contribution in [-0.4, -0.2) is 51.9 Å². The number of likely N-dealkylation sites (N-methyl/N-ethyl adjacent to an activating group) is 2. The molecule has 0 aliphatic heterocycles. The van der Waals surface area contributed by atoms with Crippen LogP contribution in [0.3, 0.4) is 0 Å². The minimum Gasteiger partial charge on any atom is -0.399 e. The van der Waals surface area contributed by atoms with Crippen LogP contribution in [0.5, 0.6) is 0 Å². The molecule has 17 heavy (non-hydrogen) atoms. The zero-order valence-corrected chi connectivity index (χ0v) is 11.2. The van der Waals surface area contributed by atoms with Gasteiger partial charge < -0.3 is 10.6 Å². The van der Waals surface area contributed by atoms with Gasteiger partial charge in [-0.3, -0.25) is 0 Å². The highest BCUT2D eigenvalue weighted by molar-refractivity contribution is 7.89. The summed E-state index contributed by atoms with van der Waals surface area (Å²) in [5.74, 6) is 0. The Balaban J connectivity index is 2.88. The molecule has 6 heteroatoms. The fraction of sp³-hybridized carbons (Fsp3) is 0.455. The van der Waals surface area contributed by atoms with Crippen LogP contribution in [-0.2, 0) is 10.0 Å². The van der Waals surface area contributed by atoms with E-state index in [1.165, 1.54) is 10.4 Å². The molecule has 1 rings (SSSR count). The van der Waals surface area contributed by atoms with Crippen LogP contribution in [0.25, 0.3) is 0 Å². The fourth-order valence-electron chi connectivity index (χ4n) is 1.32. The number of hydrogen-bond donors (Lipinski definition) is 1. The van der Waals surface area contributed by atoms with Gasteiger partial charge in [0.05, 0.1) is 4.90 Å². The number of benzene rings is 1. The number of sulfonamides is 1. The summed E-state index contributed by atoms with van der Waals surface area (Å²) in [6.45, 7) is 1.13. The van der Waals surface area contributed by atoms with E-state index in [0.29, 0.717) is 18.8 Å². The Morgan fingerprint density at radius 1 is 1.18 bits per heavy atom. The van der Waals surface area contributed by atoms with Crippen LogP contribution >= 0.6 is 0 Å². The van der Waals surface area contributed by atoms with Crippen molar-refractivity contribution in [3.63, 3.8) is 0 Å². The van der Waals surface area contributed by atoms with Crippen molar-refractivity contribution in [2.24, 2.45) is 0 Å². The number of nitrogens with two attached hydrogens (primary N) is 1. The van der Waals surface area contributed by atoms with Crippen molar-refractivity contribution in [3.05, 3.63) is 24.3 Å². The Bertz CT molecular complexity index is 471. The van der Waals surface area contributed by atoms with E-state index in [9.17, 15) is 8.42 Å². The standard InChI is InChI=1S/C11H19N3O2S/c1-13(2)7-8-14(3)17(15,16)11-6-4-5-10(12)9-11/h4-6,9H,7-8,12H2,1-3H3. The van der Waals surface area contributed by atoms with Gasteiger partial charge in [-0.15, -0.1) is 0 Å². The van der Waals surface area contributed by atoms with Gasteiger partial charge in [-0.1, -0.05) is 6.07 Å². The molecule has 96 valence electrons. The highest BCUT2D eigenvalue weighted by Crippen LogP contribution is 2.16. The van der Waals surface area contributed by atoms with Gasteiger partial charge in [-0.25, -0.2) is 8.42 Å². The molecule has 0 aliphatic carbocycles. The molecule has 0 atom stereocenters. The van der Waals surface area contributed by atoms with Crippen molar-refractivity contribution in [2.75, 3.05) is 40.0 Å². The summed E-state index contributed by atoms with van der Waals surface area (Å²) in [6.07, 6.45) is 0. The van der Waals surface area contributed by atoms with Crippen molar-refractivity contribution in [3.8, 4) is 0 Å². The lowest BCUT2D eigenvalue weighted by molar-refractivity contribution is 0.358. The Morgan fingerprint density at radius 3 is 2.35 bits per heavy atom. The highest BCUT2D eigenvalue weighted by Gasteiger charge is 2.20. The lowest BCUT2D eigenvalue weighted by Crippen LogP contribution is -2.33. The number of hydrogen-bond acceptors (Lipinski definition) is 4. The van der Waals surface area contributed by atoms with Crippen molar-refractivity contribution in [1.82, 2.24) is 9.21 Å². The van der Waals surface area contributed by atoms with E-state index < -0.39 is 10.0 Å². The van der Waals surface area contributed by atoms with Gasteiger partial charge in [-0.2, -0.15) is 4.31 Å². The predicted molar refractivity (Wildman–Crippen MR) is 69.2 cm³/mol. The number of anilines is 1. The smallest absolute Gasteiger partial charge is 0.242 e.